The van der Waals surface area contributed by atoms with Crippen LogP contribution in [0.5, 0.6) is 0 Å². The van der Waals surface area contributed by atoms with Gasteiger partial charge in [-0.25, -0.2) is 0 Å². The summed E-state index contributed by atoms with van der Waals surface area (Å²) in [5, 5.41) is 8.16. The van der Waals surface area contributed by atoms with Crippen molar-refractivity contribution in [3.05, 3.63) is 22.2 Å². The summed E-state index contributed by atoms with van der Waals surface area (Å²) in [6.45, 7) is 0. The number of nitrogens with zero attached hydrogens (tertiary/aromatic N) is 3. The van der Waals surface area contributed by atoms with E-state index in [1.165, 1.54) is 6.07 Å². The zero-order valence-corrected chi connectivity index (χ0v) is 6.56. The molecule has 1 rings (SSSR count). The van der Waals surface area contributed by atoms with E-state index in [1.54, 1.807) is 0 Å². The third kappa shape index (κ3) is 1.49. The summed E-state index contributed by atoms with van der Waals surface area (Å²) in [5.74, 6) is -2.32. The molecule has 0 atom stereocenters. The van der Waals surface area contributed by atoms with Gasteiger partial charge in [0.25, 0.3) is 0 Å². The Bertz CT molecular complexity index is 310. The average Bonchev–Trinajstić information content (AvgIpc) is 1.85. The molecule has 0 aromatic carbocycles. The van der Waals surface area contributed by atoms with Crippen LogP contribution in [-0.4, -0.2) is 9.97 Å². The van der Waals surface area contributed by atoms with Crippen molar-refractivity contribution in [2.45, 2.75) is 0 Å². The Morgan fingerprint density at radius 1 is 1.27 bits per heavy atom. The Morgan fingerprint density at radius 2 is 1.73 bits per heavy atom. The SMILES string of the molecule is N#Cc1c(F)nc(Br)nc1F. The molecule has 0 unspecified atom stereocenters. The van der Waals surface area contributed by atoms with E-state index >= 15 is 0 Å². The van der Waals surface area contributed by atoms with Gasteiger partial charge in [0, 0.05) is 0 Å². The molecule has 0 fully saturated rings. The first-order valence-corrected chi connectivity index (χ1v) is 3.23. The van der Waals surface area contributed by atoms with Crippen molar-refractivity contribution in [1.29, 1.82) is 5.26 Å². The van der Waals surface area contributed by atoms with Crippen molar-refractivity contribution in [3.63, 3.8) is 0 Å². The average molecular weight is 220 g/mol. The van der Waals surface area contributed by atoms with Crippen LogP contribution in [0.1, 0.15) is 5.56 Å². The van der Waals surface area contributed by atoms with E-state index in [0.717, 1.165) is 0 Å². The van der Waals surface area contributed by atoms with Crippen LogP contribution in [0.3, 0.4) is 0 Å². The molecule has 0 N–H and O–H groups in total. The first-order chi connectivity index (χ1) is 5.15. The van der Waals surface area contributed by atoms with Crippen LogP contribution in [0.15, 0.2) is 4.73 Å². The van der Waals surface area contributed by atoms with Crippen LogP contribution in [-0.2, 0) is 0 Å². The highest BCUT2D eigenvalue weighted by Gasteiger charge is 2.11. The lowest BCUT2D eigenvalue weighted by molar-refractivity contribution is 0.513. The summed E-state index contributed by atoms with van der Waals surface area (Å²) in [4.78, 5) is 6.16. The molecule has 6 heteroatoms. The number of rotatable bonds is 0. The predicted molar refractivity (Wildman–Crippen MR) is 34.4 cm³/mol. The van der Waals surface area contributed by atoms with Gasteiger partial charge in [-0.1, -0.05) is 0 Å². The first-order valence-electron chi connectivity index (χ1n) is 2.43. The van der Waals surface area contributed by atoms with Crippen LogP contribution < -0.4 is 0 Å². The standard InChI is InChI=1S/C5BrF2N3/c6-5-10-3(7)2(1-9)4(8)11-5. The lowest BCUT2D eigenvalue weighted by Gasteiger charge is -1.93. The third-order valence-corrected chi connectivity index (χ3v) is 1.26. The molecule has 0 spiro atoms. The Kier molecular flexibility index (Phi) is 2.10. The minimum atomic E-state index is -1.16. The first kappa shape index (κ1) is 8.01. The van der Waals surface area contributed by atoms with Gasteiger partial charge in [-0.3, -0.25) is 0 Å². The van der Waals surface area contributed by atoms with E-state index in [1.807, 2.05) is 0 Å². The topological polar surface area (TPSA) is 49.6 Å². The van der Waals surface area contributed by atoms with Gasteiger partial charge in [-0.2, -0.15) is 24.0 Å². The van der Waals surface area contributed by atoms with E-state index in [0.29, 0.717) is 0 Å². The highest BCUT2D eigenvalue weighted by Crippen LogP contribution is 2.10. The summed E-state index contributed by atoms with van der Waals surface area (Å²) >= 11 is 2.66. The summed E-state index contributed by atoms with van der Waals surface area (Å²) < 4.78 is 24.7. The maximum atomic E-state index is 12.5. The smallest absolute Gasteiger partial charge is 0.192 e. The van der Waals surface area contributed by atoms with Crippen LogP contribution in [0, 0.1) is 23.2 Å². The molecule has 0 saturated carbocycles. The summed E-state index contributed by atoms with van der Waals surface area (Å²) in [5.41, 5.74) is -0.770. The summed E-state index contributed by atoms with van der Waals surface area (Å²) in [6.07, 6.45) is 0. The van der Waals surface area contributed by atoms with Crippen molar-refractivity contribution in [1.82, 2.24) is 9.97 Å². The van der Waals surface area contributed by atoms with Crippen molar-refractivity contribution >= 4 is 15.9 Å². The predicted octanol–water partition coefficient (Wildman–Crippen LogP) is 1.39. The lowest BCUT2D eigenvalue weighted by Crippen LogP contribution is -1.98. The van der Waals surface area contributed by atoms with Gasteiger partial charge in [-0.15, -0.1) is 0 Å². The number of hydrogen-bond donors (Lipinski definition) is 0. The Balaban J connectivity index is 3.40. The molecular weight excluding hydrogens is 220 g/mol. The largest absolute Gasteiger partial charge is 0.238 e. The molecule has 1 heterocycles. The molecule has 0 aliphatic rings. The summed E-state index contributed by atoms with van der Waals surface area (Å²) in [7, 11) is 0. The number of halogens is 3. The zero-order valence-electron chi connectivity index (χ0n) is 4.98. The number of aromatic nitrogens is 2. The van der Waals surface area contributed by atoms with E-state index in [4.69, 9.17) is 5.26 Å². The molecule has 0 amide bonds. The van der Waals surface area contributed by atoms with E-state index in [-0.39, 0.29) is 4.73 Å². The van der Waals surface area contributed by atoms with Gasteiger partial charge in [0.1, 0.15) is 6.07 Å². The van der Waals surface area contributed by atoms with Gasteiger partial charge in [-0.05, 0) is 15.9 Å². The quantitative estimate of drug-likeness (QED) is 0.490. The second-order valence-corrected chi connectivity index (χ2v) is 2.27. The van der Waals surface area contributed by atoms with Crippen LogP contribution in [0.4, 0.5) is 8.78 Å². The van der Waals surface area contributed by atoms with E-state index < -0.39 is 17.5 Å². The third-order valence-electron chi connectivity index (χ3n) is 0.905. The number of nitriles is 1. The second kappa shape index (κ2) is 2.88. The molecule has 1 aromatic rings. The lowest BCUT2D eigenvalue weighted by atomic mass is 10.4. The van der Waals surface area contributed by atoms with Crippen LogP contribution in [0.2, 0.25) is 0 Å². The fourth-order valence-electron chi connectivity index (χ4n) is 0.476. The highest BCUT2D eigenvalue weighted by molar-refractivity contribution is 9.10. The van der Waals surface area contributed by atoms with E-state index in [9.17, 15) is 8.78 Å². The Labute approximate surface area is 68.8 Å². The molecule has 0 saturated heterocycles. The Morgan fingerprint density at radius 3 is 2.09 bits per heavy atom. The van der Waals surface area contributed by atoms with Gasteiger partial charge in [0.15, 0.2) is 5.56 Å². The molecule has 56 valence electrons. The molecule has 0 bridgehead atoms. The van der Waals surface area contributed by atoms with Crippen molar-refractivity contribution in [3.8, 4) is 6.07 Å². The maximum absolute atomic E-state index is 12.5. The second-order valence-electron chi connectivity index (χ2n) is 1.56. The van der Waals surface area contributed by atoms with Gasteiger partial charge >= 0.3 is 0 Å². The molecule has 3 nitrogen and oxygen atoms in total. The normalized spacial score (nSPS) is 9.27. The minimum Gasteiger partial charge on any atom is -0.192 e. The van der Waals surface area contributed by atoms with Gasteiger partial charge in [0.2, 0.25) is 16.6 Å². The molecule has 0 radical (unpaired) electrons. The van der Waals surface area contributed by atoms with Crippen molar-refractivity contribution in [2.24, 2.45) is 0 Å². The van der Waals surface area contributed by atoms with Gasteiger partial charge in [0.05, 0.1) is 0 Å². The molecule has 11 heavy (non-hydrogen) atoms. The number of hydrogen-bond acceptors (Lipinski definition) is 3. The van der Waals surface area contributed by atoms with Crippen molar-refractivity contribution in [2.75, 3.05) is 0 Å². The minimum absolute atomic E-state index is 0.216. The van der Waals surface area contributed by atoms with Crippen molar-refractivity contribution < 1.29 is 8.78 Å². The summed E-state index contributed by atoms with van der Waals surface area (Å²) in [6, 6.07) is 1.29. The fourth-order valence-corrected chi connectivity index (χ4v) is 0.788. The van der Waals surface area contributed by atoms with Crippen LogP contribution >= 0.6 is 15.9 Å². The maximum Gasteiger partial charge on any atom is 0.238 e. The fraction of sp³-hybridized carbons (Fsp3) is 0. The molecule has 1 aromatic heterocycles. The molecule has 0 aliphatic carbocycles. The van der Waals surface area contributed by atoms with E-state index in [2.05, 4.69) is 25.9 Å². The van der Waals surface area contributed by atoms with Gasteiger partial charge < -0.3 is 0 Å². The van der Waals surface area contributed by atoms with Crippen LogP contribution in [0.25, 0.3) is 0 Å². The highest BCUT2D eigenvalue weighted by atomic mass is 79.9. The monoisotopic (exact) mass is 219 g/mol. The molecule has 0 aliphatic heterocycles. The Hall–Kier alpha value is -1.09. The molecular formula is C5BrF2N3. The zero-order chi connectivity index (χ0) is 8.43.